The summed E-state index contributed by atoms with van der Waals surface area (Å²) < 4.78 is 12.7. The van der Waals surface area contributed by atoms with E-state index in [0.29, 0.717) is 0 Å². The Kier molecular flexibility index (Phi) is 7.33. The van der Waals surface area contributed by atoms with Gasteiger partial charge in [-0.3, -0.25) is 33.7 Å². The lowest BCUT2D eigenvalue weighted by atomic mass is 9.87. The first-order valence-electron chi connectivity index (χ1n) is 11.7. The predicted octanol–water partition coefficient (Wildman–Crippen LogP) is -3.65. The summed E-state index contributed by atoms with van der Waals surface area (Å²) in [5.41, 5.74) is -1.17. The number of ether oxygens (including phenoxy) is 1. The van der Waals surface area contributed by atoms with Gasteiger partial charge in [0, 0.05) is 33.7 Å². The highest BCUT2D eigenvalue weighted by Crippen LogP contribution is 2.29. The van der Waals surface area contributed by atoms with Crippen molar-refractivity contribution in [2.24, 2.45) is 5.41 Å². The van der Waals surface area contributed by atoms with Gasteiger partial charge in [0.1, 0.15) is 31.1 Å². The number of hydrogen-bond acceptors (Lipinski definition) is 10. The average Bonchev–Trinajstić information content (AvgIpc) is 3.25. The Hall–Kier alpha value is -3.10. The molecule has 3 rings (SSSR count). The first-order valence-corrected chi connectivity index (χ1v) is 11.1. The van der Waals surface area contributed by atoms with Crippen molar-refractivity contribution in [3.05, 3.63) is 0 Å². The molecule has 0 aliphatic carbocycles. The molecule has 14 nitrogen and oxygen atoms in total. The van der Waals surface area contributed by atoms with Gasteiger partial charge in [0.2, 0.25) is 17.7 Å². The normalized spacial score (nSPS) is 31.3. The first kappa shape index (κ1) is 25.0. The highest BCUT2D eigenvalue weighted by Gasteiger charge is 2.55. The van der Waals surface area contributed by atoms with Gasteiger partial charge in [-0.25, -0.2) is 0 Å². The van der Waals surface area contributed by atoms with Crippen LogP contribution >= 0.6 is 0 Å². The summed E-state index contributed by atoms with van der Waals surface area (Å²) in [6.45, 7) is 2.42. The third-order valence-electron chi connectivity index (χ3n) is 6.37. The number of imide groups is 1. The zero-order valence-electron chi connectivity index (χ0n) is 20.3. The third kappa shape index (κ3) is 5.44. The number of likely N-dealkylation sites (tertiary alicyclic amines) is 1. The number of carbonyl (C=O) groups excluding carboxylic acids is 6. The van der Waals surface area contributed by atoms with E-state index in [2.05, 4.69) is 10.6 Å². The quantitative estimate of drug-likeness (QED) is 0.119. The van der Waals surface area contributed by atoms with Crippen LogP contribution in [0.2, 0.25) is 0 Å². The van der Waals surface area contributed by atoms with Crippen LogP contribution in [-0.2, 0) is 33.5 Å². The molecule has 3 heterocycles. The molecule has 1 unspecified atom stereocenters. The predicted molar refractivity (Wildman–Crippen MR) is 114 cm³/mol. The van der Waals surface area contributed by atoms with Gasteiger partial charge in [-0.1, -0.05) is 0 Å². The van der Waals surface area contributed by atoms with E-state index >= 15 is 0 Å². The van der Waals surface area contributed by atoms with Crippen LogP contribution in [0.4, 0.5) is 0 Å². The summed E-state index contributed by atoms with van der Waals surface area (Å²) in [6.07, 6.45) is -7.63. The molecule has 14 heteroatoms. The highest BCUT2D eigenvalue weighted by molar-refractivity contribution is 6.37. The topological polar surface area (TPSA) is 203 Å². The maximum atomic E-state index is 12.7. The van der Waals surface area contributed by atoms with Gasteiger partial charge >= 0.3 is 17.8 Å². The summed E-state index contributed by atoms with van der Waals surface area (Å²) in [4.78, 5) is 73.9. The lowest BCUT2D eigenvalue weighted by Crippen LogP contribution is -2.68. The van der Waals surface area contributed by atoms with Gasteiger partial charge in [-0.05, 0) is 20.3 Å². The molecule has 5 N–H and O–H groups in total. The summed E-state index contributed by atoms with van der Waals surface area (Å²) in [7, 11) is 0. The van der Waals surface area contributed by atoms with Crippen LogP contribution in [-0.4, -0.2) is 111 Å². The largest absolute Gasteiger partial charge is 0.463 e. The number of aliphatic hydroxyl groups excluding tert-OH is 3. The van der Waals surface area contributed by atoms with Crippen molar-refractivity contribution < 1.29 is 50.2 Å². The zero-order valence-corrected chi connectivity index (χ0v) is 19.3. The van der Waals surface area contributed by atoms with Gasteiger partial charge in [-0.15, -0.1) is 0 Å². The smallest absolute Gasteiger partial charge is 0.314 e. The van der Waals surface area contributed by atoms with Crippen molar-refractivity contribution in [1.29, 1.82) is 0 Å². The minimum absolute atomic E-state index is 0.000555. The molecule has 0 radical (unpaired) electrons. The molecule has 0 aromatic heterocycles. The second-order valence-corrected chi connectivity index (χ2v) is 9.29. The molecular formula is C21H30N4O10. The molecule has 3 saturated heterocycles. The van der Waals surface area contributed by atoms with Gasteiger partial charge < -0.3 is 35.6 Å². The molecule has 0 aromatic rings. The van der Waals surface area contributed by atoms with Crippen LogP contribution in [0.25, 0.3) is 0 Å². The maximum absolute atomic E-state index is 12.7. The van der Waals surface area contributed by atoms with Gasteiger partial charge in [0.05, 0.1) is 11.5 Å². The SMILES string of the molecule is [3H]C1CC(=O)N(CCNC(=O)CCC(C)(C)C(=O)OC[C@@H]2[C@@H](O)[C@H](O)[C@H](O)[C@H]3NC(=O)C(=O)N23)C1=O. The van der Waals surface area contributed by atoms with Crippen LogP contribution in [0.5, 0.6) is 0 Å². The number of aliphatic hydroxyl groups is 3. The lowest BCUT2D eigenvalue weighted by molar-refractivity contribution is -0.184. The Morgan fingerprint density at radius 1 is 1.14 bits per heavy atom. The van der Waals surface area contributed by atoms with Crippen LogP contribution in [0.1, 0.15) is 40.9 Å². The van der Waals surface area contributed by atoms with Gasteiger partial charge in [0.25, 0.3) is 0 Å². The number of nitrogens with zero attached hydrogens (tertiary/aromatic N) is 2. The molecule has 0 saturated carbocycles. The second kappa shape index (κ2) is 10.3. The molecule has 0 aromatic carbocycles. The number of piperidine rings is 1. The number of carbonyl (C=O) groups is 6. The van der Waals surface area contributed by atoms with E-state index in [9.17, 15) is 44.1 Å². The fourth-order valence-corrected chi connectivity index (χ4v) is 4.11. The summed E-state index contributed by atoms with van der Waals surface area (Å²) in [6, 6.07) is -1.29. The molecular weight excluding hydrogens is 468 g/mol. The van der Waals surface area contributed by atoms with Crippen molar-refractivity contribution in [3.8, 4) is 0 Å². The van der Waals surface area contributed by atoms with Crippen molar-refractivity contribution in [2.45, 2.75) is 70.0 Å². The van der Waals surface area contributed by atoms with Crippen LogP contribution in [0.3, 0.4) is 0 Å². The summed E-state index contributed by atoms with van der Waals surface area (Å²) >= 11 is 0. The summed E-state index contributed by atoms with van der Waals surface area (Å²) in [5.74, 6) is -4.35. The molecule has 3 aliphatic rings. The standard InChI is InChI=1S/C21H30N4O10/c1-21(2,6-5-11(26)22-7-8-24-12(27)3-4-13(24)28)20(34)35-9-10-14(29)15(30)16(31)17-23-18(32)19(33)25(10)17/h10,14-17,29-31H,3-9H2,1-2H3,(H,22,26)(H,23,32)/t10-,14-,15+,16+,17+/m1/s1/i3T/t3?,10-,14-,15+,16+,17+. The Balaban J connectivity index is 1.47. The minimum atomic E-state index is -1.70. The van der Waals surface area contributed by atoms with E-state index in [-0.39, 0.29) is 32.4 Å². The molecule has 194 valence electrons. The lowest BCUT2D eigenvalue weighted by Gasteiger charge is -2.44. The zero-order chi connectivity index (χ0) is 26.9. The molecule has 3 aliphatic heterocycles. The van der Waals surface area contributed by atoms with Crippen LogP contribution < -0.4 is 10.6 Å². The van der Waals surface area contributed by atoms with Crippen molar-refractivity contribution >= 4 is 35.5 Å². The van der Waals surface area contributed by atoms with Gasteiger partial charge in [-0.2, -0.15) is 0 Å². The molecule has 0 bridgehead atoms. The van der Waals surface area contributed by atoms with Crippen LogP contribution in [0.15, 0.2) is 0 Å². The van der Waals surface area contributed by atoms with Crippen LogP contribution in [0, 0.1) is 5.41 Å². The third-order valence-corrected chi connectivity index (χ3v) is 6.37. The van der Waals surface area contributed by atoms with Crippen molar-refractivity contribution in [2.75, 3.05) is 19.7 Å². The Morgan fingerprint density at radius 2 is 1.83 bits per heavy atom. The molecule has 6 atom stereocenters. The van der Waals surface area contributed by atoms with E-state index in [4.69, 9.17) is 6.11 Å². The van der Waals surface area contributed by atoms with E-state index in [1.807, 2.05) is 0 Å². The second-order valence-electron chi connectivity index (χ2n) is 9.29. The maximum Gasteiger partial charge on any atom is 0.314 e. The van der Waals surface area contributed by atoms with E-state index in [0.717, 1.165) is 9.80 Å². The molecule has 0 spiro atoms. The number of rotatable bonds is 9. The number of nitrogens with one attached hydrogen (secondary N) is 2. The van der Waals surface area contributed by atoms with Crippen molar-refractivity contribution in [3.63, 3.8) is 0 Å². The minimum Gasteiger partial charge on any atom is -0.463 e. The Morgan fingerprint density at radius 3 is 2.46 bits per heavy atom. The molecule has 5 amide bonds. The number of amides is 5. The fourth-order valence-electron chi connectivity index (χ4n) is 4.11. The number of hydrogen-bond donors (Lipinski definition) is 5. The molecule has 35 heavy (non-hydrogen) atoms. The van der Waals surface area contributed by atoms with E-state index in [1.54, 1.807) is 0 Å². The first-order chi connectivity index (χ1) is 16.8. The average molecular weight is 500 g/mol. The Labute approximate surface area is 202 Å². The van der Waals surface area contributed by atoms with E-state index in [1.165, 1.54) is 13.8 Å². The fraction of sp³-hybridized carbons (Fsp3) is 0.714. The van der Waals surface area contributed by atoms with Gasteiger partial charge in [0.15, 0.2) is 0 Å². The van der Waals surface area contributed by atoms with E-state index < -0.39 is 84.4 Å². The van der Waals surface area contributed by atoms with Crippen molar-refractivity contribution in [1.82, 2.24) is 20.4 Å². The monoisotopic (exact) mass is 500 g/mol. The number of esters is 1. The Bertz CT molecular complexity index is 959. The summed E-state index contributed by atoms with van der Waals surface area (Å²) in [5, 5.41) is 35.2. The number of fused-ring (bicyclic) bond motifs is 1. The highest BCUT2D eigenvalue weighted by atomic mass is 16.5. The molecule has 3 fully saturated rings.